The molecule has 0 radical (unpaired) electrons. The number of benzene rings is 2. The Labute approximate surface area is 161 Å². The van der Waals surface area contributed by atoms with Gasteiger partial charge in [0.15, 0.2) is 5.82 Å². The smallest absolute Gasteiger partial charge is 0.225 e. The predicted molar refractivity (Wildman–Crippen MR) is 108 cm³/mol. The van der Waals surface area contributed by atoms with Gasteiger partial charge in [0.25, 0.3) is 0 Å². The molecule has 0 spiro atoms. The molecule has 9 nitrogen and oxygen atoms in total. The highest BCUT2D eigenvalue weighted by molar-refractivity contribution is 5.91. The Hall–Kier alpha value is -3.59. The van der Waals surface area contributed by atoms with E-state index in [9.17, 15) is 4.79 Å². The molecule has 9 heteroatoms. The summed E-state index contributed by atoms with van der Waals surface area (Å²) in [5, 5.41) is 18.0. The number of fused-ring (bicyclic) bond motifs is 3. The number of tetrazole rings is 1. The monoisotopic (exact) mass is 376 g/mol. The summed E-state index contributed by atoms with van der Waals surface area (Å²) in [7, 11) is 3.88. The van der Waals surface area contributed by atoms with E-state index in [1.807, 2.05) is 67.5 Å². The number of para-hydroxylation sites is 2. The summed E-state index contributed by atoms with van der Waals surface area (Å²) in [5.41, 5.74) is 3.73. The van der Waals surface area contributed by atoms with Crippen LogP contribution in [0.4, 0.5) is 17.2 Å². The van der Waals surface area contributed by atoms with E-state index < -0.39 is 0 Å². The molecule has 0 saturated carbocycles. The number of carbonyl (C=O) groups is 1. The van der Waals surface area contributed by atoms with Crippen LogP contribution in [0, 0.1) is 0 Å². The second-order valence-corrected chi connectivity index (χ2v) is 6.67. The summed E-state index contributed by atoms with van der Waals surface area (Å²) < 4.78 is 1.66. The van der Waals surface area contributed by atoms with Crippen molar-refractivity contribution in [2.45, 2.75) is 6.42 Å². The summed E-state index contributed by atoms with van der Waals surface area (Å²) in [6.07, 6.45) is 0.450. The molecule has 0 aliphatic rings. The quantitative estimate of drug-likeness (QED) is 0.532. The van der Waals surface area contributed by atoms with Gasteiger partial charge in [-0.1, -0.05) is 12.1 Å². The SMILES string of the molecule is CN(C)CCC(=O)Nc1ccc(Nc2nc3ccccc3n3nnnc23)cc1. The molecule has 2 N–H and O–H groups in total. The van der Waals surface area contributed by atoms with Crippen LogP contribution in [-0.4, -0.2) is 56.5 Å². The number of rotatable bonds is 6. The molecule has 0 atom stereocenters. The molecule has 0 bridgehead atoms. The maximum absolute atomic E-state index is 11.9. The lowest BCUT2D eigenvalue weighted by Crippen LogP contribution is -2.20. The normalized spacial score (nSPS) is 11.2. The van der Waals surface area contributed by atoms with Crippen molar-refractivity contribution in [1.29, 1.82) is 0 Å². The molecule has 0 aliphatic carbocycles. The van der Waals surface area contributed by atoms with Gasteiger partial charge < -0.3 is 15.5 Å². The Morgan fingerprint density at radius 1 is 1.07 bits per heavy atom. The van der Waals surface area contributed by atoms with Crippen LogP contribution in [-0.2, 0) is 4.79 Å². The molecule has 0 unspecified atom stereocenters. The van der Waals surface area contributed by atoms with Gasteiger partial charge in [0.2, 0.25) is 11.6 Å². The first-order valence-corrected chi connectivity index (χ1v) is 8.89. The van der Waals surface area contributed by atoms with E-state index in [1.165, 1.54) is 0 Å². The largest absolute Gasteiger partial charge is 0.337 e. The Bertz CT molecular complexity index is 1120. The van der Waals surface area contributed by atoms with E-state index in [0.717, 1.165) is 22.4 Å². The van der Waals surface area contributed by atoms with Crippen LogP contribution in [0.15, 0.2) is 48.5 Å². The Morgan fingerprint density at radius 2 is 1.82 bits per heavy atom. The topological polar surface area (TPSA) is 100 Å². The highest BCUT2D eigenvalue weighted by Crippen LogP contribution is 2.23. The molecule has 1 amide bonds. The van der Waals surface area contributed by atoms with Crippen molar-refractivity contribution in [2.75, 3.05) is 31.3 Å². The van der Waals surface area contributed by atoms with E-state index in [2.05, 4.69) is 31.1 Å². The molecule has 4 rings (SSSR count). The van der Waals surface area contributed by atoms with Crippen molar-refractivity contribution in [2.24, 2.45) is 0 Å². The van der Waals surface area contributed by atoms with Crippen molar-refractivity contribution < 1.29 is 4.79 Å². The number of amides is 1. The second kappa shape index (κ2) is 7.57. The van der Waals surface area contributed by atoms with Crippen LogP contribution in [0.25, 0.3) is 16.7 Å². The predicted octanol–water partition coefficient (Wildman–Crippen LogP) is 2.31. The first-order valence-electron chi connectivity index (χ1n) is 8.89. The van der Waals surface area contributed by atoms with Crippen molar-refractivity contribution in [3.8, 4) is 0 Å². The molecule has 0 fully saturated rings. The van der Waals surface area contributed by atoms with Crippen molar-refractivity contribution in [3.63, 3.8) is 0 Å². The number of aromatic nitrogens is 5. The number of nitrogens with one attached hydrogen (secondary N) is 2. The molecular weight excluding hydrogens is 356 g/mol. The van der Waals surface area contributed by atoms with Gasteiger partial charge in [0.1, 0.15) is 0 Å². The van der Waals surface area contributed by atoms with E-state index in [4.69, 9.17) is 0 Å². The Balaban J connectivity index is 1.53. The minimum Gasteiger partial charge on any atom is -0.337 e. The fourth-order valence-corrected chi connectivity index (χ4v) is 2.81. The zero-order valence-electron chi connectivity index (χ0n) is 15.6. The highest BCUT2D eigenvalue weighted by Gasteiger charge is 2.11. The number of carbonyl (C=O) groups excluding carboxylic acids is 1. The third kappa shape index (κ3) is 3.74. The van der Waals surface area contributed by atoms with Gasteiger partial charge in [-0.05, 0) is 60.9 Å². The van der Waals surface area contributed by atoms with Crippen LogP contribution < -0.4 is 10.6 Å². The Kier molecular flexibility index (Phi) is 4.81. The third-order valence-corrected chi connectivity index (χ3v) is 4.24. The van der Waals surface area contributed by atoms with Gasteiger partial charge in [-0.2, -0.15) is 4.52 Å². The lowest BCUT2D eigenvalue weighted by atomic mass is 10.2. The van der Waals surface area contributed by atoms with Crippen LogP contribution in [0.3, 0.4) is 0 Å². The summed E-state index contributed by atoms with van der Waals surface area (Å²) >= 11 is 0. The van der Waals surface area contributed by atoms with Crippen LogP contribution in [0.5, 0.6) is 0 Å². The van der Waals surface area contributed by atoms with Gasteiger partial charge in [-0.15, -0.1) is 5.10 Å². The minimum atomic E-state index is -0.0122. The van der Waals surface area contributed by atoms with Gasteiger partial charge >= 0.3 is 0 Å². The fraction of sp³-hybridized carbons (Fsp3) is 0.211. The van der Waals surface area contributed by atoms with Crippen molar-refractivity contribution >= 4 is 39.8 Å². The average molecular weight is 376 g/mol. The molecular formula is C19H20N8O. The molecule has 2 aromatic heterocycles. The number of nitrogens with zero attached hydrogens (tertiary/aromatic N) is 6. The highest BCUT2D eigenvalue weighted by atomic mass is 16.1. The van der Waals surface area contributed by atoms with Crippen LogP contribution in [0.1, 0.15) is 6.42 Å². The summed E-state index contributed by atoms with van der Waals surface area (Å²) in [6.45, 7) is 0.710. The zero-order valence-corrected chi connectivity index (χ0v) is 15.6. The molecule has 0 saturated heterocycles. The van der Waals surface area contributed by atoms with E-state index in [0.29, 0.717) is 24.4 Å². The van der Waals surface area contributed by atoms with E-state index in [-0.39, 0.29) is 5.91 Å². The van der Waals surface area contributed by atoms with E-state index in [1.54, 1.807) is 4.52 Å². The van der Waals surface area contributed by atoms with Gasteiger partial charge in [-0.3, -0.25) is 4.79 Å². The molecule has 4 aromatic rings. The molecule has 2 aromatic carbocycles. The van der Waals surface area contributed by atoms with E-state index >= 15 is 0 Å². The molecule has 2 heterocycles. The van der Waals surface area contributed by atoms with Gasteiger partial charge in [-0.25, -0.2) is 4.98 Å². The second-order valence-electron chi connectivity index (χ2n) is 6.67. The number of hydrogen-bond donors (Lipinski definition) is 2. The summed E-state index contributed by atoms with van der Waals surface area (Å²) in [6, 6.07) is 15.1. The van der Waals surface area contributed by atoms with Crippen LogP contribution >= 0.6 is 0 Å². The van der Waals surface area contributed by atoms with Crippen molar-refractivity contribution in [1.82, 2.24) is 29.9 Å². The zero-order chi connectivity index (χ0) is 19.5. The molecule has 28 heavy (non-hydrogen) atoms. The lowest BCUT2D eigenvalue weighted by molar-refractivity contribution is -0.116. The third-order valence-electron chi connectivity index (χ3n) is 4.24. The van der Waals surface area contributed by atoms with Gasteiger partial charge in [0, 0.05) is 24.3 Å². The first-order chi connectivity index (χ1) is 13.6. The summed E-state index contributed by atoms with van der Waals surface area (Å²) in [5.74, 6) is 0.549. The average Bonchev–Trinajstić information content (AvgIpc) is 3.18. The number of anilines is 3. The number of hydrogen-bond acceptors (Lipinski definition) is 7. The fourth-order valence-electron chi connectivity index (χ4n) is 2.81. The molecule has 0 aliphatic heterocycles. The van der Waals surface area contributed by atoms with Crippen molar-refractivity contribution in [3.05, 3.63) is 48.5 Å². The maximum atomic E-state index is 11.9. The minimum absolute atomic E-state index is 0.0122. The first kappa shape index (κ1) is 17.8. The van der Waals surface area contributed by atoms with Gasteiger partial charge in [0.05, 0.1) is 11.0 Å². The lowest BCUT2D eigenvalue weighted by Gasteiger charge is -2.11. The standard InChI is InChI=1S/C19H20N8O/c1-26(2)12-11-17(28)20-13-7-9-14(10-8-13)21-18-19-23-24-25-27(19)16-6-4-3-5-15(16)22-18/h3-10H,11-12H2,1-2H3,(H,20,28)(H,21,22). The maximum Gasteiger partial charge on any atom is 0.225 e. The Morgan fingerprint density at radius 3 is 2.61 bits per heavy atom. The van der Waals surface area contributed by atoms with Crippen LogP contribution in [0.2, 0.25) is 0 Å². The summed E-state index contributed by atoms with van der Waals surface area (Å²) in [4.78, 5) is 18.6. The molecule has 142 valence electrons.